The molecule has 0 aliphatic heterocycles. The maximum atomic E-state index is 12.0. The van der Waals surface area contributed by atoms with Gasteiger partial charge in [-0.2, -0.15) is 0 Å². The Bertz CT molecular complexity index is 787. The number of aromatic amines is 1. The standard InChI is InChI=1S/C15H11ClN2O3/c16-12-4-3-10(2-1-7-19)8-13(12)18-15(21)11-9-17-6-5-14(11)20/h3-6,8-9,19H,7H2,(H,17,20)(H,18,21). The van der Waals surface area contributed by atoms with Gasteiger partial charge in [-0.1, -0.05) is 23.4 Å². The molecule has 0 radical (unpaired) electrons. The van der Waals surface area contributed by atoms with Gasteiger partial charge in [0, 0.05) is 24.0 Å². The minimum Gasteiger partial charge on any atom is -0.384 e. The molecular formula is C15H11ClN2O3. The molecule has 2 aromatic rings. The van der Waals surface area contributed by atoms with Gasteiger partial charge in [0.05, 0.1) is 10.7 Å². The normalized spacial score (nSPS) is 9.62. The summed E-state index contributed by atoms with van der Waals surface area (Å²) in [5.41, 5.74) is 0.527. The molecule has 3 N–H and O–H groups in total. The van der Waals surface area contributed by atoms with Crippen LogP contribution < -0.4 is 10.7 Å². The summed E-state index contributed by atoms with van der Waals surface area (Å²) in [6, 6.07) is 6.07. The number of amides is 1. The number of pyridine rings is 1. The third-order valence-corrected chi connectivity index (χ3v) is 2.92. The molecule has 0 fully saturated rings. The van der Waals surface area contributed by atoms with Gasteiger partial charge in [0.2, 0.25) is 0 Å². The Morgan fingerprint density at radius 3 is 2.90 bits per heavy atom. The van der Waals surface area contributed by atoms with Crippen LogP contribution in [-0.2, 0) is 0 Å². The van der Waals surface area contributed by atoms with Crippen molar-refractivity contribution < 1.29 is 9.90 Å². The Morgan fingerprint density at radius 1 is 1.38 bits per heavy atom. The highest BCUT2D eigenvalue weighted by atomic mass is 35.5. The van der Waals surface area contributed by atoms with E-state index in [1.165, 1.54) is 18.5 Å². The highest BCUT2D eigenvalue weighted by Gasteiger charge is 2.11. The molecule has 0 atom stereocenters. The zero-order chi connectivity index (χ0) is 15.2. The van der Waals surface area contributed by atoms with Crippen LogP contribution in [0.2, 0.25) is 5.02 Å². The summed E-state index contributed by atoms with van der Waals surface area (Å²) in [5.74, 6) is 4.64. The molecule has 0 aliphatic carbocycles. The third kappa shape index (κ3) is 3.72. The predicted octanol–water partition coefficient (Wildman–Crippen LogP) is 1.62. The number of hydrogen-bond acceptors (Lipinski definition) is 3. The second kappa shape index (κ2) is 6.75. The number of carbonyl (C=O) groups is 1. The van der Waals surface area contributed by atoms with Gasteiger partial charge in [-0.05, 0) is 18.2 Å². The molecule has 1 aromatic carbocycles. The van der Waals surface area contributed by atoms with Gasteiger partial charge in [0.15, 0.2) is 5.43 Å². The van der Waals surface area contributed by atoms with Gasteiger partial charge in [-0.3, -0.25) is 9.59 Å². The minimum atomic E-state index is -0.564. The Morgan fingerprint density at radius 2 is 2.19 bits per heavy atom. The quantitative estimate of drug-likeness (QED) is 0.737. The number of H-pyrrole nitrogens is 1. The molecule has 1 aromatic heterocycles. The van der Waals surface area contributed by atoms with Crippen LogP contribution in [0.1, 0.15) is 15.9 Å². The molecule has 0 spiro atoms. The summed E-state index contributed by atoms with van der Waals surface area (Å²) in [6.45, 7) is -0.260. The largest absolute Gasteiger partial charge is 0.384 e. The molecule has 0 saturated carbocycles. The Labute approximate surface area is 125 Å². The lowest BCUT2D eigenvalue weighted by molar-refractivity contribution is 0.102. The van der Waals surface area contributed by atoms with E-state index in [0.29, 0.717) is 16.3 Å². The van der Waals surface area contributed by atoms with E-state index in [4.69, 9.17) is 16.7 Å². The lowest BCUT2D eigenvalue weighted by Crippen LogP contribution is -2.21. The van der Waals surface area contributed by atoms with Gasteiger partial charge in [0.25, 0.3) is 5.91 Å². The smallest absolute Gasteiger partial charge is 0.261 e. The van der Waals surface area contributed by atoms with Gasteiger partial charge in [-0.25, -0.2) is 0 Å². The second-order valence-electron chi connectivity index (χ2n) is 4.03. The van der Waals surface area contributed by atoms with Crippen LogP contribution in [0.3, 0.4) is 0 Å². The van der Waals surface area contributed by atoms with E-state index in [0.717, 1.165) is 0 Å². The van der Waals surface area contributed by atoms with Crippen molar-refractivity contribution >= 4 is 23.2 Å². The molecule has 1 amide bonds. The topological polar surface area (TPSA) is 82.2 Å². The van der Waals surface area contributed by atoms with E-state index in [-0.39, 0.29) is 12.2 Å². The van der Waals surface area contributed by atoms with Crippen LogP contribution in [0.25, 0.3) is 0 Å². The van der Waals surface area contributed by atoms with Crippen molar-refractivity contribution in [3.05, 3.63) is 63.0 Å². The number of halogens is 1. The lowest BCUT2D eigenvalue weighted by Gasteiger charge is -2.07. The lowest BCUT2D eigenvalue weighted by atomic mass is 10.2. The van der Waals surface area contributed by atoms with E-state index >= 15 is 0 Å². The molecule has 6 heteroatoms. The summed E-state index contributed by atoms with van der Waals surface area (Å²) >= 11 is 6.00. The number of hydrogen-bond donors (Lipinski definition) is 3. The fourth-order valence-electron chi connectivity index (χ4n) is 1.62. The number of carbonyl (C=O) groups excluding carboxylic acids is 1. The summed E-state index contributed by atoms with van der Waals surface area (Å²) in [6.07, 6.45) is 2.76. The first kappa shape index (κ1) is 14.9. The first-order valence-electron chi connectivity index (χ1n) is 5.99. The maximum Gasteiger partial charge on any atom is 0.261 e. The molecule has 106 valence electrons. The monoisotopic (exact) mass is 302 g/mol. The van der Waals surface area contributed by atoms with Gasteiger partial charge >= 0.3 is 0 Å². The Kier molecular flexibility index (Phi) is 4.77. The highest BCUT2D eigenvalue weighted by Crippen LogP contribution is 2.23. The molecule has 0 bridgehead atoms. The number of aromatic nitrogens is 1. The summed E-state index contributed by atoms with van der Waals surface area (Å²) < 4.78 is 0. The first-order chi connectivity index (χ1) is 10.1. The summed E-state index contributed by atoms with van der Waals surface area (Å²) in [4.78, 5) is 26.3. The number of rotatable bonds is 2. The summed E-state index contributed by atoms with van der Waals surface area (Å²) in [7, 11) is 0. The fraction of sp³-hybridized carbons (Fsp3) is 0.0667. The molecule has 0 unspecified atom stereocenters. The second-order valence-corrected chi connectivity index (χ2v) is 4.44. The minimum absolute atomic E-state index is 0.0135. The molecule has 0 aliphatic rings. The van der Waals surface area contributed by atoms with Gasteiger partial charge in [0.1, 0.15) is 12.2 Å². The zero-order valence-electron chi connectivity index (χ0n) is 10.8. The van der Waals surface area contributed by atoms with Crippen molar-refractivity contribution in [1.29, 1.82) is 0 Å². The Balaban J connectivity index is 2.29. The third-order valence-electron chi connectivity index (χ3n) is 2.60. The number of aliphatic hydroxyl groups is 1. The van der Waals surface area contributed by atoms with Crippen LogP contribution in [0.15, 0.2) is 41.5 Å². The van der Waals surface area contributed by atoms with Gasteiger partial charge in [-0.15, -0.1) is 0 Å². The van der Waals surface area contributed by atoms with Crippen molar-refractivity contribution in [1.82, 2.24) is 4.98 Å². The molecule has 0 saturated heterocycles. The van der Waals surface area contributed by atoms with Gasteiger partial charge < -0.3 is 15.4 Å². The van der Waals surface area contributed by atoms with E-state index in [2.05, 4.69) is 22.1 Å². The van der Waals surface area contributed by atoms with Crippen molar-refractivity contribution in [2.24, 2.45) is 0 Å². The number of aliphatic hydroxyl groups excluding tert-OH is 1. The average Bonchev–Trinajstić information content (AvgIpc) is 2.48. The van der Waals surface area contributed by atoms with Crippen molar-refractivity contribution in [2.75, 3.05) is 11.9 Å². The van der Waals surface area contributed by atoms with E-state index in [1.54, 1.807) is 18.2 Å². The van der Waals surface area contributed by atoms with Crippen LogP contribution in [0.5, 0.6) is 0 Å². The molecule has 2 rings (SSSR count). The van der Waals surface area contributed by atoms with E-state index < -0.39 is 11.3 Å². The predicted molar refractivity (Wildman–Crippen MR) is 80.4 cm³/mol. The van der Waals surface area contributed by atoms with E-state index in [1.807, 2.05) is 0 Å². The highest BCUT2D eigenvalue weighted by molar-refractivity contribution is 6.34. The SMILES string of the molecule is O=C(Nc1cc(C#CCO)ccc1Cl)c1c[nH]ccc1=O. The molecular weight excluding hydrogens is 292 g/mol. The maximum absolute atomic E-state index is 12.0. The average molecular weight is 303 g/mol. The van der Waals surface area contributed by atoms with Crippen LogP contribution in [0.4, 0.5) is 5.69 Å². The Hall–Kier alpha value is -2.55. The van der Waals surface area contributed by atoms with Crippen LogP contribution >= 0.6 is 11.6 Å². The van der Waals surface area contributed by atoms with Crippen molar-refractivity contribution in [3.8, 4) is 11.8 Å². The zero-order valence-corrected chi connectivity index (χ0v) is 11.6. The number of anilines is 1. The number of benzene rings is 1. The summed E-state index contributed by atoms with van der Waals surface area (Å²) in [5, 5.41) is 11.6. The van der Waals surface area contributed by atoms with Crippen LogP contribution in [-0.4, -0.2) is 22.6 Å². The van der Waals surface area contributed by atoms with Crippen molar-refractivity contribution in [3.63, 3.8) is 0 Å². The fourth-order valence-corrected chi connectivity index (χ4v) is 1.79. The molecule has 21 heavy (non-hydrogen) atoms. The van der Waals surface area contributed by atoms with Crippen LogP contribution in [0, 0.1) is 11.8 Å². The van der Waals surface area contributed by atoms with E-state index in [9.17, 15) is 9.59 Å². The first-order valence-corrected chi connectivity index (χ1v) is 6.37. The van der Waals surface area contributed by atoms with Crippen molar-refractivity contribution in [2.45, 2.75) is 0 Å². The number of nitrogens with one attached hydrogen (secondary N) is 2. The molecule has 5 nitrogen and oxygen atoms in total. The molecule has 1 heterocycles.